The van der Waals surface area contributed by atoms with Gasteiger partial charge in [0.15, 0.2) is 0 Å². The van der Waals surface area contributed by atoms with Crippen LogP contribution in [0.4, 0.5) is 0 Å². The van der Waals surface area contributed by atoms with E-state index in [-0.39, 0.29) is 0 Å². The second-order valence-corrected chi connectivity index (χ2v) is 3.34. The van der Waals surface area contributed by atoms with E-state index in [1.54, 1.807) is 0 Å². The molecule has 0 amide bonds. The minimum atomic E-state index is 0.521. The molecule has 2 rings (SSSR count). The van der Waals surface area contributed by atoms with Crippen molar-refractivity contribution in [2.75, 3.05) is 0 Å². The fourth-order valence-electron chi connectivity index (χ4n) is 1.73. The number of hydrogen-bond donors (Lipinski definition) is 1. The van der Waals surface area contributed by atoms with Crippen molar-refractivity contribution in [3.05, 3.63) is 35.4 Å². The molecule has 0 spiro atoms. The lowest BCUT2D eigenvalue weighted by molar-refractivity contribution is 0.468. The lowest BCUT2D eigenvalue weighted by Gasteiger charge is -2.24. The quantitative estimate of drug-likeness (QED) is 0.667. The van der Waals surface area contributed by atoms with Crippen LogP contribution in [0.25, 0.3) is 0 Å². The minimum absolute atomic E-state index is 0.521. The molecule has 0 radical (unpaired) electrons. The Labute approximate surface area is 75.2 Å². The van der Waals surface area contributed by atoms with Gasteiger partial charge in [-0.2, -0.15) is 0 Å². The van der Waals surface area contributed by atoms with Gasteiger partial charge in [0.05, 0.1) is 0 Å². The Morgan fingerprint density at radius 2 is 2.33 bits per heavy atom. The third-order valence-corrected chi connectivity index (χ3v) is 2.51. The van der Waals surface area contributed by atoms with Crippen molar-refractivity contribution in [3.63, 3.8) is 0 Å². The van der Waals surface area contributed by atoms with Crippen molar-refractivity contribution in [1.29, 1.82) is 0 Å². The Morgan fingerprint density at radius 3 is 3.17 bits per heavy atom. The molecular weight excluding hydrogens is 146 g/mol. The first-order valence-corrected chi connectivity index (χ1v) is 4.49. The van der Waals surface area contributed by atoms with Crippen LogP contribution in [0.1, 0.15) is 25.8 Å². The molecule has 0 fully saturated rings. The van der Waals surface area contributed by atoms with Crippen molar-refractivity contribution in [3.8, 4) is 0 Å². The molecule has 1 nitrogen and oxygen atoms in total. The molecular formula is C11H15N. The predicted octanol–water partition coefficient (Wildman–Crippen LogP) is 2.11. The molecule has 1 N–H and O–H groups in total. The normalized spacial score (nSPS) is 23.0. The average Bonchev–Trinajstić information content (AvgIpc) is 2.18. The molecule has 0 saturated heterocycles. The summed E-state index contributed by atoms with van der Waals surface area (Å²) >= 11 is 0. The molecule has 1 aliphatic rings. The summed E-state index contributed by atoms with van der Waals surface area (Å²) in [4.78, 5) is 0. The minimum Gasteiger partial charge on any atom is -0.310 e. The highest BCUT2D eigenvalue weighted by Gasteiger charge is 2.14. The van der Waals surface area contributed by atoms with E-state index in [0.29, 0.717) is 12.9 Å². The van der Waals surface area contributed by atoms with Gasteiger partial charge in [-0.15, -0.1) is 0 Å². The highest BCUT2D eigenvalue weighted by atomic mass is 14.9. The Balaban J connectivity index is 2.11. The molecule has 64 valence electrons. The summed E-state index contributed by atoms with van der Waals surface area (Å²) in [7, 11) is 0. The van der Waals surface area contributed by atoms with Crippen LogP contribution in [0.3, 0.4) is 0 Å². The van der Waals surface area contributed by atoms with Gasteiger partial charge in [0.2, 0.25) is 0 Å². The maximum atomic E-state index is 7.18. The number of rotatable bonds is 1. The van der Waals surface area contributed by atoms with Crippen LogP contribution in [0.15, 0.2) is 24.3 Å². The van der Waals surface area contributed by atoms with Crippen LogP contribution in [-0.2, 0) is 13.0 Å². The Bertz CT molecular complexity index is 285. The van der Waals surface area contributed by atoms with Gasteiger partial charge in [-0.05, 0) is 24.0 Å². The van der Waals surface area contributed by atoms with Gasteiger partial charge in [0.25, 0.3) is 0 Å². The number of fused-ring (bicyclic) bond motifs is 1. The molecule has 1 heteroatoms. The first-order valence-electron chi connectivity index (χ1n) is 5.20. The van der Waals surface area contributed by atoms with Crippen molar-refractivity contribution >= 4 is 0 Å². The van der Waals surface area contributed by atoms with Gasteiger partial charge in [-0.3, -0.25) is 0 Å². The van der Waals surface area contributed by atoms with Crippen LogP contribution in [0, 0.1) is 0 Å². The number of benzene rings is 1. The summed E-state index contributed by atoms with van der Waals surface area (Å²) < 4.78 is 7.18. The molecule has 1 heterocycles. The van der Waals surface area contributed by atoms with Crippen molar-refractivity contribution in [2.24, 2.45) is 0 Å². The standard InChI is InChI=1S/C11H15N/c1-2-11-7-9-5-3-4-6-10(9)8-12-11/h3-6,11-12H,2,7-8H2,1H3/t11-/m0/s1/i1D. The summed E-state index contributed by atoms with van der Waals surface area (Å²) in [6.07, 6.45) is 2.06. The molecule has 1 aliphatic heterocycles. The van der Waals surface area contributed by atoms with Gasteiger partial charge in [-0.1, -0.05) is 31.2 Å². The fraction of sp³-hybridized carbons (Fsp3) is 0.455. The zero-order valence-electron chi connectivity index (χ0n) is 8.22. The van der Waals surface area contributed by atoms with Crippen LogP contribution in [-0.4, -0.2) is 6.04 Å². The molecule has 0 bridgehead atoms. The van der Waals surface area contributed by atoms with Crippen molar-refractivity contribution < 1.29 is 1.37 Å². The zero-order chi connectivity index (χ0) is 9.10. The molecule has 0 aliphatic carbocycles. The molecule has 1 aromatic carbocycles. The topological polar surface area (TPSA) is 12.0 Å². The Kier molecular flexibility index (Phi) is 1.82. The summed E-state index contributed by atoms with van der Waals surface area (Å²) in [5.74, 6) is 0. The summed E-state index contributed by atoms with van der Waals surface area (Å²) in [6, 6.07) is 9.09. The molecule has 1 atom stereocenters. The van der Waals surface area contributed by atoms with Gasteiger partial charge in [0.1, 0.15) is 0 Å². The fourth-order valence-corrected chi connectivity index (χ4v) is 1.73. The second kappa shape index (κ2) is 3.28. The Hall–Kier alpha value is -0.820. The van der Waals surface area contributed by atoms with Gasteiger partial charge in [-0.25, -0.2) is 0 Å². The van der Waals surface area contributed by atoms with Crippen LogP contribution >= 0.6 is 0 Å². The Morgan fingerprint density at radius 1 is 1.50 bits per heavy atom. The molecule has 0 saturated carbocycles. The summed E-state index contributed by atoms with van der Waals surface area (Å²) in [6.45, 7) is 1.50. The SMILES string of the molecule is [2H]CC[C@H]1Cc2ccccc2CN1. The first-order chi connectivity index (χ1) is 6.40. The lowest BCUT2D eigenvalue weighted by Crippen LogP contribution is -2.34. The van der Waals surface area contributed by atoms with E-state index in [1.807, 2.05) is 0 Å². The van der Waals surface area contributed by atoms with Crippen molar-refractivity contribution in [1.82, 2.24) is 5.32 Å². The van der Waals surface area contributed by atoms with Gasteiger partial charge < -0.3 is 5.32 Å². The van der Waals surface area contributed by atoms with E-state index < -0.39 is 0 Å². The predicted molar refractivity (Wildman–Crippen MR) is 51.1 cm³/mol. The molecule has 0 aromatic heterocycles. The number of nitrogens with one attached hydrogen (secondary N) is 1. The van der Waals surface area contributed by atoms with E-state index in [2.05, 4.69) is 29.6 Å². The monoisotopic (exact) mass is 162 g/mol. The summed E-state index contributed by atoms with van der Waals surface area (Å²) in [5.41, 5.74) is 2.88. The highest BCUT2D eigenvalue weighted by molar-refractivity contribution is 5.29. The highest BCUT2D eigenvalue weighted by Crippen LogP contribution is 2.17. The first kappa shape index (κ1) is 6.67. The largest absolute Gasteiger partial charge is 0.310 e. The number of hydrogen-bond acceptors (Lipinski definition) is 1. The zero-order valence-corrected chi connectivity index (χ0v) is 7.22. The smallest absolute Gasteiger partial charge is 0.0231 e. The van der Waals surface area contributed by atoms with Crippen LogP contribution in [0.2, 0.25) is 0 Å². The van der Waals surface area contributed by atoms with Crippen molar-refractivity contribution in [2.45, 2.75) is 32.3 Å². The average molecular weight is 162 g/mol. The van der Waals surface area contributed by atoms with E-state index in [9.17, 15) is 0 Å². The van der Waals surface area contributed by atoms with Crippen LogP contribution < -0.4 is 5.32 Å². The molecule has 1 aromatic rings. The van der Waals surface area contributed by atoms with E-state index in [0.717, 1.165) is 19.4 Å². The second-order valence-electron chi connectivity index (χ2n) is 3.34. The van der Waals surface area contributed by atoms with Gasteiger partial charge in [0, 0.05) is 14.0 Å². The van der Waals surface area contributed by atoms with Crippen LogP contribution in [0.5, 0.6) is 0 Å². The third-order valence-electron chi connectivity index (χ3n) is 2.51. The maximum absolute atomic E-state index is 7.18. The summed E-state index contributed by atoms with van der Waals surface area (Å²) in [5, 5.41) is 3.46. The third kappa shape index (κ3) is 1.37. The van der Waals surface area contributed by atoms with E-state index in [1.165, 1.54) is 11.1 Å². The maximum Gasteiger partial charge on any atom is 0.0231 e. The van der Waals surface area contributed by atoms with Gasteiger partial charge >= 0.3 is 0 Å². The molecule has 0 unspecified atom stereocenters. The molecule has 12 heavy (non-hydrogen) atoms. The van der Waals surface area contributed by atoms with E-state index >= 15 is 0 Å². The van der Waals surface area contributed by atoms with E-state index in [4.69, 9.17) is 1.37 Å². The lowest BCUT2D eigenvalue weighted by atomic mass is 9.95.